The summed E-state index contributed by atoms with van der Waals surface area (Å²) in [6.45, 7) is 4.84. The van der Waals surface area contributed by atoms with E-state index in [2.05, 4.69) is 201 Å². The third-order valence-corrected chi connectivity index (χ3v) is 12.8. The van der Waals surface area contributed by atoms with Crippen LogP contribution in [0.2, 0.25) is 0 Å². The lowest BCUT2D eigenvalue weighted by Gasteiger charge is -2.33. The van der Waals surface area contributed by atoms with Gasteiger partial charge in [-0.3, -0.25) is 0 Å². The minimum atomic E-state index is -0.157. The van der Waals surface area contributed by atoms with Gasteiger partial charge in [-0.15, -0.1) is 0 Å². The molecule has 3 aliphatic rings. The van der Waals surface area contributed by atoms with Gasteiger partial charge in [0.1, 0.15) is 0 Å². The van der Waals surface area contributed by atoms with Crippen molar-refractivity contribution in [2.45, 2.75) is 44.6 Å². The zero-order chi connectivity index (χ0) is 37.4. The van der Waals surface area contributed by atoms with Gasteiger partial charge in [0.25, 0.3) is 0 Å². The first-order chi connectivity index (χ1) is 27.5. The molecular weight excluding hydrogens is 675 g/mol. The van der Waals surface area contributed by atoms with Crippen LogP contribution in [0.25, 0.3) is 71.8 Å². The van der Waals surface area contributed by atoms with E-state index in [0.29, 0.717) is 0 Å². The third kappa shape index (κ3) is 5.07. The summed E-state index contributed by atoms with van der Waals surface area (Å²) in [4.78, 5) is 2.51. The minimum Gasteiger partial charge on any atom is -0.334 e. The van der Waals surface area contributed by atoms with Crippen LogP contribution in [0.15, 0.2) is 176 Å². The molecule has 1 unspecified atom stereocenters. The molecule has 8 aromatic rings. The number of benzene rings is 8. The molecule has 3 aliphatic carbocycles. The molecule has 56 heavy (non-hydrogen) atoms. The molecule has 0 aromatic heterocycles. The second kappa shape index (κ2) is 12.8. The SMILES string of the molecule is CC1(C)c2cc(-c3cc4cc(-c5cccc6ccccc56)c5ccccc5c4c4c3CCC=C4)ccc2-c2ccc(N(c3ccccc3)C3C=CC=CC3)cc21. The van der Waals surface area contributed by atoms with E-state index < -0.39 is 0 Å². The van der Waals surface area contributed by atoms with Crippen molar-refractivity contribution >= 4 is 49.8 Å². The lowest BCUT2D eigenvalue weighted by molar-refractivity contribution is 0.659. The fourth-order valence-electron chi connectivity index (χ4n) is 10.1. The topological polar surface area (TPSA) is 3.24 Å². The number of nitrogens with zero attached hydrogens (tertiary/aromatic N) is 1. The lowest BCUT2D eigenvalue weighted by atomic mass is 9.79. The van der Waals surface area contributed by atoms with Gasteiger partial charge in [-0.2, -0.15) is 0 Å². The molecule has 0 N–H and O–H groups in total. The predicted molar refractivity (Wildman–Crippen MR) is 240 cm³/mol. The Balaban J connectivity index is 1.07. The predicted octanol–water partition coefficient (Wildman–Crippen LogP) is 14.8. The van der Waals surface area contributed by atoms with E-state index >= 15 is 0 Å². The first-order valence-electron chi connectivity index (χ1n) is 20.2. The highest BCUT2D eigenvalue weighted by Crippen LogP contribution is 2.52. The average molecular weight is 718 g/mol. The van der Waals surface area contributed by atoms with Crippen molar-refractivity contribution in [3.63, 3.8) is 0 Å². The van der Waals surface area contributed by atoms with Crippen LogP contribution in [-0.4, -0.2) is 6.04 Å². The molecule has 0 heterocycles. The third-order valence-electron chi connectivity index (χ3n) is 12.8. The molecule has 0 amide bonds. The highest BCUT2D eigenvalue weighted by atomic mass is 15.2. The Morgan fingerprint density at radius 2 is 1.27 bits per heavy atom. The van der Waals surface area contributed by atoms with Crippen LogP contribution in [0.3, 0.4) is 0 Å². The van der Waals surface area contributed by atoms with Gasteiger partial charge in [0.15, 0.2) is 0 Å². The molecule has 1 atom stereocenters. The van der Waals surface area contributed by atoms with Crippen LogP contribution >= 0.6 is 0 Å². The van der Waals surface area contributed by atoms with Crippen molar-refractivity contribution in [2.75, 3.05) is 4.90 Å². The smallest absolute Gasteiger partial charge is 0.0559 e. The van der Waals surface area contributed by atoms with E-state index in [4.69, 9.17) is 0 Å². The molecule has 1 nitrogen and oxygen atoms in total. The van der Waals surface area contributed by atoms with E-state index in [0.717, 1.165) is 19.3 Å². The van der Waals surface area contributed by atoms with E-state index in [1.807, 2.05) is 0 Å². The molecule has 0 saturated carbocycles. The molecule has 0 spiro atoms. The Hall–Kier alpha value is -6.44. The molecular formula is C55H43N. The Bertz CT molecular complexity index is 2970. The van der Waals surface area contributed by atoms with Gasteiger partial charge in [-0.05, 0) is 150 Å². The standard InChI is InChI=1S/C55H43N/c1-55(2)52-34-37(28-30-46(52)47-31-29-41(35-53(47)55)56(39-18-5-3-6-19-39)40-20-7-4-8-21-40)50-32-38-33-51(43-27-15-17-36-16-9-10-22-42(36)43)45-24-12-14-26-49(45)54(38)48-25-13-11-23-44(48)50/h3-10,12-20,22,24-35,40H,11,21,23H2,1-2H3. The van der Waals surface area contributed by atoms with Gasteiger partial charge in [0.2, 0.25) is 0 Å². The van der Waals surface area contributed by atoms with Crippen LogP contribution in [-0.2, 0) is 11.8 Å². The molecule has 0 saturated heterocycles. The number of hydrogen-bond donors (Lipinski definition) is 0. The quantitative estimate of drug-likeness (QED) is 0.160. The van der Waals surface area contributed by atoms with E-state index in [9.17, 15) is 0 Å². The van der Waals surface area contributed by atoms with Gasteiger partial charge >= 0.3 is 0 Å². The summed E-state index contributed by atoms with van der Waals surface area (Å²) in [5, 5.41) is 7.86. The number of anilines is 2. The molecule has 8 aromatic carbocycles. The van der Waals surface area contributed by atoms with Gasteiger partial charge in [0.05, 0.1) is 6.04 Å². The van der Waals surface area contributed by atoms with Crippen LogP contribution in [0.1, 0.15) is 48.9 Å². The fraction of sp³-hybridized carbons (Fsp3) is 0.127. The van der Waals surface area contributed by atoms with Crippen molar-refractivity contribution in [3.8, 4) is 33.4 Å². The molecule has 11 rings (SSSR count). The van der Waals surface area contributed by atoms with Crippen molar-refractivity contribution in [2.24, 2.45) is 0 Å². The number of hydrogen-bond acceptors (Lipinski definition) is 1. The summed E-state index contributed by atoms with van der Waals surface area (Å²) >= 11 is 0. The van der Waals surface area contributed by atoms with Crippen molar-refractivity contribution in [1.82, 2.24) is 0 Å². The van der Waals surface area contributed by atoms with Crippen LogP contribution in [0.4, 0.5) is 11.4 Å². The molecule has 268 valence electrons. The summed E-state index contributed by atoms with van der Waals surface area (Å²) in [6, 6.07) is 55.1. The molecule has 0 radical (unpaired) electrons. The lowest BCUT2D eigenvalue weighted by Crippen LogP contribution is -2.30. The Labute approximate surface area is 329 Å². The first-order valence-corrected chi connectivity index (χ1v) is 20.2. The van der Waals surface area contributed by atoms with Gasteiger partial charge in [-0.1, -0.05) is 153 Å². The van der Waals surface area contributed by atoms with Gasteiger partial charge in [0, 0.05) is 16.8 Å². The Morgan fingerprint density at radius 3 is 2.11 bits per heavy atom. The summed E-state index contributed by atoms with van der Waals surface area (Å²) in [7, 11) is 0. The van der Waals surface area contributed by atoms with E-state index in [1.54, 1.807) is 0 Å². The molecule has 0 aliphatic heterocycles. The zero-order valence-electron chi connectivity index (χ0n) is 32.0. The maximum absolute atomic E-state index is 2.52. The largest absolute Gasteiger partial charge is 0.334 e. The molecule has 0 bridgehead atoms. The number of allylic oxidation sites excluding steroid dienone is 3. The summed E-state index contributed by atoms with van der Waals surface area (Å²) in [6.07, 6.45) is 16.8. The summed E-state index contributed by atoms with van der Waals surface area (Å²) < 4.78 is 0. The van der Waals surface area contributed by atoms with Crippen molar-refractivity contribution in [3.05, 3.63) is 198 Å². The highest BCUT2D eigenvalue weighted by molar-refractivity contribution is 6.19. The normalized spacial score (nSPS) is 16.3. The zero-order valence-corrected chi connectivity index (χ0v) is 32.0. The van der Waals surface area contributed by atoms with Gasteiger partial charge < -0.3 is 4.90 Å². The van der Waals surface area contributed by atoms with Crippen LogP contribution < -0.4 is 4.90 Å². The molecule has 0 fully saturated rings. The first kappa shape index (κ1) is 32.9. The summed E-state index contributed by atoms with van der Waals surface area (Å²) in [5.74, 6) is 0. The second-order valence-electron chi connectivity index (χ2n) is 16.3. The Kier molecular flexibility index (Phi) is 7.54. The maximum atomic E-state index is 2.52. The van der Waals surface area contributed by atoms with Crippen LogP contribution in [0, 0.1) is 0 Å². The van der Waals surface area contributed by atoms with Gasteiger partial charge in [-0.25, -0.2) is 0 Å². The fourth-order valence-corrected chi connectivity index (χ4v) is 10.1. The molecule has 1 heteroatoms. The van der Waals surface area contributed by atoms with E-state index in [1.165, 1.54) is 99.3 Å². The number of rotatable bonds is 5. The summed E-state index contributed by atoms with van der Waals surface area (Å²) in [5.41, 5.74) is 15.9. The van der Waals surface area contributed by atoms with Crippen molar-refractivity contribution < 1.29 is 0 Å². The van der Waals surface area contributed by atoms with Crippen LogP contribution in [0.5, 0.6) is 0 Å². The Morgan fingerprint density at radius 1 is 0.536 bits per heavy atom. The number of para-hydroxylation sites is 1. The number of fused-ring (bicyclic) bond motifs is 9. The van der Waals surface area contributed by atoms with E-state index in [-0.39, 0.29) is 11.5 Å². The monoisotopic (exact) mass is 717 g/mol. The average Bonchev–Trinajstić information content (AvgIpc) is 3.48. The minimum absolute atomic E-state index is 0.157. The maximum Gasteiger partial charge on any atom is 0.0559 e. The highest BCUT2D eigenvalue weighted by Gasteiger charge is 2.37. The van der Waals surface area contributed by atoms with Crippen molar-refractivity contribution in [1.29, 1.82) is 0 Å². The second-order valence-corrected chi connectivity index (χ2v) is 16.3.